The third-order valence-corrected chi connectivity index (χ3v) is 7.23. The molecule has 1 fully saturated rings. The van der Waals surface area contributed by atoms with Crippen molar-refractivity contribution >= 4 is 44.3 Å². The van der Waals surface area contributed by atoms with Crippen LogP contribution < -0.4 is 5.32 Å². The second-order valence-corrected chi connectivity index (χ2v) is 9.73. The summed E-state index contributed by atoms with van der Waals surface area (Å²) in [5, 5.41) is 6.32. The monoisotopic (exact) mass is 399 g/mol. The molecule has 2 atom stereocenters. The van der Waals surface area contributed by atoms with Crippen LogP contribution in [0.4, 0.5) is 0 Å². The van der Waals surface area contributed by atoms with Gasteiger partial charge in [0, 0.05) is 12.4 Å². The number of aromatic nitrogens is 1. The average Bonchev–Trinajstić information content (AvgIpc) is 3.27. The highest BCUT2D eigenvalue weighted by molar-refractivity contribution is 7.91. The van der Waals surface area contributed by atoms with E-state index in [2.05, 4.69) is 10.3 Å². The van der Waals surface area contributed by atoms with E-state index in [0.717, 1.165) is 5.69 Å². The van der Waals surface area contributed by atoms with E-state index in [1.807, 2.05) is 5.38 Å². The van der Waals surface area contributed by atoms with Gasteiger partial charge in [-0.25, -0.2) is 13.4 Å². The minimum absolute atomic E-state index is 0.217. The summed E-state index contributed by atoms with van der Waals surface area (Å²) in [5.74, 6) is -1.90. The summed E-state index contributed by atoms with van der Waals surface area (Å²) in [4.78, 5) is 31.1. The van der Waals surface area contributed by atoms with Crippen LogP contribution >= 0.6 is 22.7 Å². The zero-order chi connectivity index (χ0) is 18.0. The summed E-state index contributed by atoms with van der Waals surface area (Å²) >= 11 is 2.70. The Bertz CT molecular complexity index is 847. The Hall–Kier alpha value is -1.78. The lowest BCUT2D eigenvalue weighted by Crippen LogP contribution is -2.46. The molecule has 0 unspecified atom stereocenters. The Labute approximate surface area is 153 Å². The normalized spacial score (nSPS) is 21.8. The number of nitrogens with one attached hydrogen (secondary N) is 1. The number of sulfone groups is 1. The molecule has 134 valence electrons. The molecule has 2 aromatic rings. The predicted molar refractivity (Wildman–Crippen MR) is 96.3 cm³/mol. The van der Waals surface area contributed by atoms with Crippen LogP contribution in [0.1, 0.15) is 15.4 Å². The zero-order valence-corrected chi connectivity index (χ0v) is 15.9. The van der Waals surface area contributed by atoms with Gasteiger partial charge in [-0.2, -0.15) is 0 Å². The van der Waals surface area contributed by atoms with Gasteiger partial charge in [-0.15, -0.1) is 22.7 Å². The van der Waals surface area contributed by atoms with Gasteiger partial charge in [0.25, 0.3) is 5.91 Å². The van der Waals surface area contributed by atoms with Gasteiger partial charge in [-0.05, 0) is 11.4 Å². The third-order valence-electron chi connectivity index (χ3n) is 3.99. The number of carbonyl (C=O) groups excluding carboxylic acids is 2. The van der Waals surface area contributed by atoms with Crippen LogP contribution in [-0.2, 0) is 21.2 Å². The molecule has 0 bridgehead atoms. The van der Waals surface area contributed by atoms with Gasteiger partial charge in [0.15, 0.2) is 9.84 Å². The van der Waals surface area contributed by atoms with Crippen LogP contribution in [0.2, 0.25) is 0 Å². The molecule has 2 aromatic heterocycles. The van der Waals surface area contributed by atoms with E-state index in [4.69, 9.17) is 0 Å². The van der Waals surface area contributed by atoms with Crippen molar-refractivity contribution in [3.63, 3.8) is 0 Å². The van der Waals surface area contributed by atoms with Crippen LogP contribution in [0.25, 0.3) is 0 Å². The maximum atomic E-state index is 12.7. The number of hydrogen-bond acceptors (Lipinski definition) is 7. The molecule has 7 nitrogen and oxygen atoms in total. The molecule has 25 heavy (non-hydrogen) atoms. The molecule has 1 N–H and O–H groups in total. The van der Waals surface area contributed by atoms with E-state index >= 15 is 0 Å². The summed E-state index contributed by atoms with van der Waals surface area (Å²) < 4.78 is 24.1. The molecule has 0 radical (unpaired) electrons. The molecule has 10 heteroatoms. The fourth-order valence-corrected chi connectivity index (χ4v) is 5.90. The summed E-state index contributed by atoms with van der Waals surface area (Å²) in [6, 6.07) is 2.69. The van der Waals surface area contributed by atoms with Gasteiger partial charge in [0.05, 0.1) is 46.1 Å². The van der Waals surface area contributed by atoms with Crippen LogP contribution in [0.5, 0.6) is 0 Å². The van der Waals surface area contributed by atoms with Crippen molar-refractivity contribution in [2.75, 3.05) is 18.6 Å². The van der Waals surface area contributed by atoms with E-state index in [0.29, 0.717) is 11.4 Å². The highest BCUT2D eigenvalue weighted by Crippen LogP contribution is 2.23. The maximum Gasteiger partial charge on any atom is 0.261 e. The van der Waals surface area contributed by atoms with Gasteiger partial charge in [-0.3, -0.25) is 9.59 Å². The molecule has 0 spiro atoms. The number of rotatable bonds is 5. The summed E-state index contributed by atoms with van der Waals surface area (Å²) in [6.07, 6.45) is 0. The molecule has 0 aliphatic carbocycles. The summed E-state index contributed by atoms with van der Waals surface area (Å²) in [6.45, 7) is 0.310. The van der Waals surface area contributed by atoms with Crippen molar-refractivity contribution in [1.82, 2.24) is 15.2 Å². The third kappa shape index (κ3) is 4.25. The Morgan fingerprint density at radius 3 is 2.84 bits per heavy atom. The number of thiophene rings is 1. The van der Waals surface area contributed by atoms with Crippen LogP contribution in [0, 0.1) is 5.92 Å². The molecule has 3 rings (SSSR count). The van der Waals surface area contributed by atoms with Gasteiger partial charge in [0.2, 0.25) is 5.91 Å². The van der Waals surface area contributed by atoms with E-state index in [1.54, 1.807) is 30.1 Å². The lowest BCUT2D eigenvalue weighted by molar-refractivity contribution is -0.134. The van der Waals surface area contributed by atoms with Gasteiger partial charge in [0.1, 0.15) is 0 Å². The second kappa shape index (κ2) is 7.22. The smallest absolute Gasteiger partial charge is 0.261 e. The van der Waals surface area contributed by atoms with Crippen LogP contribution in [-0.4, -0.2) is 54.7 Å². The summed E-state index contributed by atoms with van der Waals surface area (Å²) in [7, 11) is -1.76. The van der Waals surface area contributed by atoms with Gasteiger partial charge < -0.3 is 10.2 Å². The van der Waals surface area contributed by atoms with Crippen molar-refractivity contribution < 1.29 is 18.0 Å². The largest absolute Gasteiger partial charge is 0.347 e. The SMILES string of the molecule is CN(Cc1cscn1)C(=O)[C@@H]1CS(=O)(=O)C[C@H]1NC(=O)c1cccs1. The number of thiazole rings is 1. The summed E-state index contributed by atoms with van der Waals surface area (Å²) in [5.41, 5.74) is 2.43. The molecular weight excluding hydrogens is 382 g/mol. The van der Waals surface area contributed by atoms with Crippen molar-refractivity contribution in [3.8, 4) is 0 Å². The topological polar surface area (TPSA) is 96.4 Å². The van der Waals surface area contributed by atoms with Gasteiger partial charge >= 0.3 is 0 Å². The Balaban J connectivity index is 1.72. The number of hydrogen-bond donors (Lipinski definition) is 1. The standard InChI is InChI=1S/C15H17N3O4S3/c1-18(5-10-6-23-9-16-10)15(20)11-7-25(21,22)8-12(11)17-14(19)13-3-2-4-24-13/h2-4,6,9,11-12H,5,7-8H2,1H3,(H,17,19)/t11-,12-/m1/s1. The minimum atomic E-state index is -3.37. The van der Waals surface area contributed by atoms with Crippen molar-refractivity contribution in [2.24, 2.45) is 5.92 Å². The molecule has 1 aliphatic heterocycles. The molecule has 2 amide bonds. The lowest BCUT2D eigenvalue weighted by Gasteiger charge is -2.24. The van der Waals surface area contributed by atoms with E-state index in [9.17, 15) is 18.0 Å². The van der Waals surface area contributed by atoms with E-state index in [1.165, 1.54) is 27.6 Å². The molecule has 0 saturated carbocycles. The fraction of sp³-hybridized carbons (Fsp3) is 0.400. The Morgan fingerprint density at radius 1 is 1.40 bits per heavy atom. The van der Waals surface area contributed by atoms with Crippen molar-refractivity contribution in [1.29, 1.82) is 0 Å². The predicted octanol–water partition coefficient (Wildman–Crippen LogP) is 1.01. The molecule has 0 aromatic carbocycles. The Kier molecular flexibility index (Phi) is 5.21. The van der Waals surface area contributed by atoms with E-state index in [-0.39, 0.29) is 23.3 Å². The first kappa shape index (κ1) is 18.0. The molecule has 3 heterocycles. The quantitative estimate of drug-likeness (QED) is 0.809. The lowest BCUT2D eigenvalue weighted by atomic mass is 10.0. The molecular formula is C15H17N3O4S3. The highest BCUT2D eigenvalue weighted by atomic mass is 32.2. The average molecular weight is 400 g/mol. The number of nitrogens with zero attached hydrogens (tertiary/aromatic N) is 2. The number of carbonyl (C=O) groups is 2. The van der Waals surface area contributed by atoms with Crippen LogP contribution in [0.15, 0.2) is 28.4 Å². The first-order valence-electron chi connectivity index (χ1n) is 7.52. The minimum Gasteiger partial charge on any atom is -0.347 e. The second-order valence-electron chi connectivity index (χ2n) is 5.91. The van der Waals surface area contributed by atoms with Crippen molar-refractivity contribution in [2.45, 2.75) is 12.6 Å². The molecule has 1 aliphatic rings. The zero-order valence-electron chi connectivity index (χ0n) is 13.4. The fourth-order valence-electron chi connectivity index (χ4n) is 2.80. The maximum absolute atomic E-state index is 12.7. The first-order chi connectivity index (χ1) is 11.9. The van der Waals surface area contributed by atoms with Crippen molar-refractivity contribution in [3.05, 3.63) is 39.0 Å². The highest BCUT2D eigenvalue weighted by Gasteiger charge is 2.43. The van der Waals surface area contributed by atoms with Crippen LogP contribution in [0.3, 0.4) is 0 Å². The van der Waals surface area contributed by atoms with E-state index < -0.39 is 21.8 Å². The Morgan fingerprint density at radius 2 is 2.20 bits per heavy atom. The molecule has 1 saturated heterocycles. The van der Waals surface area contributed by atoms with Gasteiger partial charge in [-0.1, -0.05) is 6.07 Å². The number of amides is 2. The first-order valence-corrected chi connectivity index (χ1v) is 11.2.